The fourth-order valence-corrected chi connectivity index (χ4v) is 2.90. The highest BCUT2D eigenvalue weighted by atomic mass is 35.5. The van der Waals surface area contributed by atoms with Crippen LogP contribution in [0.1, 0.15) is 29.8 Å². The molecule has 0 atom stereocenters. The van der Waals surface area contributed by atoms with Gasteiger partial charge in [0.05, 0.1) is 31.4 Å². The molecule has 1 amide bonds. The van der Waals surface area contributed by atoms with E-state index in [9.17, 15) is 4.79 Å². The van der Waals surface area contributed by atoms with E-state index in [-0.39, 0.29) is 6.02 Å². The Morgan fingerprint density at radius 3 is 2.43 bits per heavy atom. The van der Waals surface area contributed by atoms with Crippen LogP contribution >= 0.6 is 11.6 Å². The van der Waals surface area contributed by atoms with Gasteiger partial charge in [-0.25, -0.2) is 0 Å². The molecule has 0 saturated heterocycles. The average molecular weight is 433 g/mol. The van der Waals surface area contributed by atoms with Gasteiger partial charge in [0.15, 0.2) is 11.5 Å². The Morgan fingerprint density at radius 2 is 1.80 bits per heavy atom. The molecule has 0 unspecified atom stereocenters. The molecule has 0 heterocycles. The van der Waals surface area contributed by atoms with Gasteiger partial charge in [-0.3, -0.25) is 4.79 Å². The number of nitrogens with zero attached hydrogens (tertiary/aromatic N) is 2. The number of ether oxygens (including phenoxy) is 3. The van der Waals surface area contributed by atoms with Crippen molar-refractivity contribution in [3.05, 3.63) is 58.6 Å². The van der Waals surface area contributed by atoms with E-state index in [1.165, 1.54) is 0 Å². The van der Waals surface area contributed by atoms with E-state index in [4.69, 9.17) is 25.8 Å². The summed E-state index contributed by atoms with van der Waals surface area (Å²) in [6, 6.07) is 12.9. The minimum absolute atomic E-state index is 0.272. The summed E-state index contributed by atoms with van der Waals surface area (Å²) in [5.41, 5.74) is 1.42. The van der Waals surface area contributed by atoms with Crippen LogP contribution in [0.2, 0.25) is 5.02 Å². The number of methoxy groups -OCH3 is 2. The average Bonchev–Trinajstić information content (AvgIpc) is 2.74. The quantitative estimate of drug-likeness (QED) is 0.447. The van der Waals surface area contributed by atoms with Crippen LogP contribution in [0.3, 0.4) is 0 Å². The number of hydrogen-bond acceptors (Lipinski definition) is 4. The first-order chi connectivity index (χ1) is 14.3. The SMILES string of the molecule is COc1ccc(CCN(C)C(=NC(=O)c2ccccc2Cl)OCC(C)C)cc1OC. The van der Waals surface area contributed by atoms with E-state index in [2.05, 4.69) is 4.99 Å². The highest BCUT2D eigenvalue weighted by Crippen LogP contribution is 2.27. The second-order valence-corrected chi connectivity index (χ2v) is 7.65. The summed E-state index contributed by atoms with van der Waals surface area (Å²) in [5, 5.41) is 0.363. The van der Waals surface area contributed by atoms with Crippen LogP contribution in [0.25, 0.3) is 0 Å². The van der Waals surface area contributed by atoms with Crippen molar-refractivity contribution in [1.82, 2.24) is 4.90 Å². The van der Waals surface area contributed by atoms with Crippen LogP contribution in [0.5, 0.6) is 11.5 Å². The number of likely N-dealkylation sites (N-methyl/N-ethyl adjacent to an activating group) is 1. The smallest absolute Gasteiger partial charge is 0.295 e. The highest BCUT2D eigenvalue weighted by Gasteiger charge is 2.16. The third-order valence-corrected chi connectivity index (χ3v) is 4.69. The number of carbonyl (C=O) groups excluding carboxylic acids is 1. The summed E-state index contributed by atoms with van der Waals surface area (Å²) in [5.74, 6) is 1.22. The minimum atomic E-state index is -0.433. The molecule has 0 radical (unpaired) electrons. The zero-order chi connectivity index (χ0) is 22.1. The van der Waals surface area contributed by atoms with Crippen molar-refractivity contribution in [2.75, 3.05) is 34.4 Å². The Kier molecular flexibility index (Phi) is 8.99. The van der Waals surface area contributed by atoms with Gasteiger partial charge in [-0.05, 0) is 42.2 Å². The molecule has 2 rings (SSSR count). The minimum Gasteiger partial charge on any atom is -0.493 e. The first-order valence-electron chi connectivity index (χ1n) is 9.78. The van der Waals surface area contributed by atoms with Crippen molar-refractivity contribution < 1.29 is 19.0 Å². The molecular weight excluding hydrogens is 404 g/mol. The predicted molar refractivity (Wildman–Crippen MR) is 120 cm³/mol. The molecule has 0 N–H and O–H groups in total. The molecule has 2 aromatic carbocycles. The van der Waals surface area contributed by atoms with Crippen LogP contribution in [0.15, 0.2) is 47.5 Å². The van der Waals surface area contributed by atoms with Crippen molar-refractivity contribution in [2.24, 2.45) is 10.9 Å². The molecule has 0 saturated carbocycles. The molecule has 0 aliphatic rings. The Labute approximate surface area is 183 Å². The first-order valence-corrected chi connectivity index (χ1v) is 10.2. The first kappa shape index (κ1) is 23.5. The van der Waals surface area contributed by atoms with Gasteiger partial charge < -0.3 is 19.1 Å². The van der Waals surface area contributed by atoms with Crippen LogP contribution in [-0.4, -0.2) is 51.2 Å². The summed E-state index contributed by atoms with van der Waals surface area (Å²) >= 11 is 6.14. The van der Waals surface area contributed by atoms with Gasteiger partial charge in [-0.15, -0.1) is 0 Å². The molecule has 2 aromatic rings. The van der Waals surface area contributed by atoms with Crippen molar-refractivity contribution in [3.63, 3.8) is 0 Å². The monoisotopic (exact) mass is 432 g/mol. The fourth-order valence-electron chi connectivity index (χ4n) is 2.68. The lowest BCUT2D eigenvalue weighted by Gasteiger charge is -2.22. The van der Waals surface area contributed by atoms with Crippen molar-refractivity contribution in [1.29, 1.82) is 0 Å². The van der Waals surface area contributed by atoms with Crippen LogP contribution < -0.4 is 9.47 Å². The number of hydrogen-bond donors (Lipinski definition) is 0. The van der Waals surface area contributed by atoms with Crippen LogP contribution in [-0.2, 0) is 11.2 Å². The number of amides is 1. The van der Waals surface area contributed by atoms with Gasteiger partial charge in [0, 0.05) is 13.6 Å². The Morgan fingerprint density at radius 1 is 1.10 bits per heavy atom. The van der Waals surface area contributed by atoms with Crippen LogP contribution in [0, 0.1) is 5.92 Å². The molecule has 0 aliphatic carbocycles. The lowest BCUT2D eigenvalue weighted by atomic mass is 10.1. The van der Waals surface area contributed by atoms with Crippen molar-refractivity contribution in [2.45, 2.75) is 20.3 Å². The lowest BCUT2D eigenvalue weighted by molar-refractivity contribution is 0.0993. The molecule has 0 fully saturated rings. The predicted octanol–water partition coefficient (Wildman–Crippen LogP) is 4.70. The normalized spacial score (nSPS) is 11.4. The van der Waals surface area contributed by atoms with E-state index < -0.39 is 5.91 Å². The van der Waals surface area contributed by atoms with E-state index in [0.717, 1.165) is 5.56 Å². The summed E-state index contributed by atoms with van der Waals surface area (Å²) < 4.78 is 16.5. The summed E-state index contributed by atoms with van der Waals surface area (Å²) in [6.45, 7) is 5.13. The molecule has 162 valence electrons. The number of benzene rings is 2. The number of amidine groups is 1. The molecule has 0 aromatic heterocycles. The molecule has 6 nitrogen and oxygen atoms in total. The maximum absolute atomic E-state index is 12.6. The van der Waals surface area contributed by atoms with Gasteiger partial charge in [0.2, 0.25) is 0 Å². The van der Waals surface area contributed by atoms with Crippen molar-refractivity contribution in [3.8, 4) is 11.5 Å². The molecule has 30 heavy (non-hydrogen) atoms. The second kappa shape index (κ2) is 11.5. The van der Waals surface area contributed by atoms with E-state index in [0.29, 0.717) is 47.6 Å². The highest BCUT2D eigenvalue weighted by molar-refractivity contribution is 6.34. The largest absolute Gasteiger partial charge is 0.493 e. The standard InChI is InChI=1S/C23H29ClN2O4/c1-16(2)15-30-23(25-22(27)18-8-6-7-9-19(18)24)26(3)13-12-17-10-11-20(28-4)21(14-17)29-5/h6-11,14,16H,12-13,15H2,1-5H3. The third-order valence-electron chi connectivity index (χ3n) is 4.36. The maximum Gasteiger partial charge on any atom is 0.295 e. The number of rotatable bonds is 8. The fraction of sp³-hybridized carbons (Fsp3) is 0.391. The van der Waals surface area contributed by atoms with Crippen LogP contribution in [0.4, 0.5) is 0 Å². The number of halogens is 1. The third kappa shape index (κ3) is 6.66. The molecule has 0 aliphatic heterocycles. The van der Waals surface area contributed by atoms with Crippen molar-refractivity contribution >= 4 is 23.5 Å². The maximum atomic E-state index is 12.6. The molecule has 0 bridgehead atoms. The van der Waals surface area contributed by atoms with E-state index >= 15 is 0 Å². The number of carbonyl (C=O) groups is 1. The second-order valence-electron chi connectivity index (χ2n) is 7.25. The summed E-state index contributed by atoms with van der Waals surface area (Å²) in [7, 11) is 5.06. The Balaban J connectivity index is 2.16. The number of aliphatic imine (C=N–C) groups is 1. The van der Waals surface area contributed by atoms with Gasteiger partial charge >= 0.3 is 0 Å². The van der Waals surface area contributed by atoms with Gasteiger partial charge in [-0.1, -0.05) is 43.6 Å². The molecule has 7 heteroatoms. The topological polar surface area (TPSA) is 60.4 Å². The van der Waals surface area contributed by atoms with Gasteiger partial charge in [-0.2, -0.15) is 4.99 Å². The van der Waals surface area contributed by atoms with E-state index in [1.807, 2.05) is 44.0 Å². The molecular formula is C23H29ClN2O4. The summed E-state index contributed by atoms with van der Waals surface area (Å²) in [4.78, 5) is 18.7. The zero-order valence-corrected chi connectivity index (χ0v) is 18.9. The lowest BCUT2D eigenvalue weighted by Crippen LogP contribution is -2.33. The zero-order valence-electron chi connectivity index (χ0n) is 18.1. The Hall–Kier alpha value is -2.73. The Bertz CT molecular complexity index is 883. The van der Waals surface area contributed by atoms with Gasteiger partial charge in [0.25, 0.3) is 11.9 Å². The van der Waals surface area contributed by atoms with E-state index in [1.54, 1.807) is 38.5 Å². The summed E-state index contributed by atoms with van der Waals surface area (Å²) in [6.07, 6.45) is 0.710. The molecule has 0 spiro atoms. The van der Waals surface area contributed by atoms with Gasteiger partial charge in [0.1, 0.15) is 0 Å².